The van der Waals surface area contributed by atoms with Gasteiger partial charge in [-0.25, -0.2) is 14.8 Å². The third kappa shape index (κ3) is 4.37. The summed E-state index contributed by atoms with van der Waals surface area (Å²) in [6.07, 6.45) is 1.56. The van der Waals surface area contributed by atoms with Gasteiger partial charge in [0.05, 0.1) is 34.4 Å². The van der Waals surface area contributed by atoms with E-state index >= 15 is 0 Å². The Morgan fingerprint density at radius 3 is 2.38 bits per heavy atom. The molecule has 0 saturated heterocycles. The van der Waals surface area contributed by atoms with Crippen molar-refractivity contribution in [2.45, 2.75) is 6.61 Å². The Morgan fingerprint density at radius 1 is 0.931 bits per heavy atom. The van der Waals surface area contributed by atoms with Crippen molar-refractivity contribution < 1.29 is 14.3 Å². The summed E-state index contributed by atoms with van der Waals surface area (Å²) in [5.74, 6) is 0.476. The van der Waals surface area contributed by atoms with Crippen molar-refractivity contribution in [1.29, 1.82) is 5.26 Å². The van der Waals surface area contributed by atoms with Gasteiger partial charge >= 0.3 is 5.97 Å². The van der Waals surface area contributed by atoms with Gasteiger partial charge in [-0.15, -0.1) is 0 Å². The van der Waals surface area contributed by atoms with E-state index in [-0.39, 0.29) is 6.61 Å². The molecular weight excluding hydrogens is 366 g/mol. The smallest absolute Gasteiger partial charge is 0.338 e. The maximum Gasteiger partial charge on any atom is 0.338 e. The van der Waals surface area contributed by atoms with Gasteiger partial charge in [0.25, 0.3) is 0 Å². The molecule has 0 amide bonds. The second-order valence-corrected chi connectivity index (χ2v) is 6.21. The highest BCUT2D eigenvalue weighted by Crippen LogP contribution is 2.21. The SMILES string of the molecule is N#Cc1ccc(COC(=O)c2ccc(Oc3cnc4ccccc4n3)cc2)cc1. The minimum absolute atomic E-state index is 0.134. The number of hydrogen-bond donors (Lipinski definition) is 0. The van der Waals surface area contributed by atoms with Crippen LogP contribution in [0, 0.1) is 11.3 Å². The van der Waals surface area contributed by atoms with E-state index in [9.17, 15) is 4.79 Å². The van der Waals surface area contributed by atoms with Gasteiger partial charge in [-0.2, -0.15) is 5.26 Å². The lowest BCUT2D eigenvalue weighted by Gasteiger charge is -2.07. The van der Waals surface area contributed by atoms with Crippen LogP contribution in [0.2, 0.25) is 0 Å². The number of nitrogens with zero attached hydrogens (tertiary/aromatic N) is 3. The molecule has 6 heteroatoms. The van der Waals surface area contributed by atoms with Crippen molar-refractivity contribution >= 4 is 17.0 Å². The molecule has 140 valence electrons. The van der Waals surface area contributed by atoms with Crippen LogP contribution in [0.5, 0.6) is 11.6 Å². The quantitative estimate of drug-likeness (QED) is 0.468. The van der Waals surface area contributed by atoms with Crippen molar-refractivity contribution in [1.82, 2.24) is 9.97 Å². The van der Waals surface area contributed by atoms with Crippen LogP contribution < -0.4 is 4.74 Å². The number of fused-ring (bicyclic) bond motifs is 1. The van der Waals surface area contributed by atoms with E-state index in [2.05, 4.69) is 9.97 Å². The summed E-state index contributed by atoms with van der Waals surface area (Å²) in [5.41, 5.74) is 3.32. The lowest BCUT2D eigenvalue weighted by molar-refractivity contribution is 0.0472. The molecule has 4 rings (SSSR count). The monoisotopic (exact) mass is 381 g/mol. The molecule has 0 atom stereocenters. The Balaban J connectivity index is 1.38. The van der Waals surface area contributed by atoms with Crippen LogP contribution in [-0.2, 0) is 11.3 Å². The van der Waals surface area contributed by atoms with Crippen molar-refractivity contribution in [3.63, 3.8) is 0 Å². The third-order valence-electron chi connectivity index (χ3n) is 4.19. The molecule has 0 radical (unpaired) electrons. The highest BCUT2D eigenvalue weighted by atomic mass is 16.5. The number of aromatic nitrogens is 2. The highest BCUT2D eigenvalue weighted by Gasteiger charge is 2.09. The van der Waals surface area contributed by atoms with Gasteiger partial charge in [0.1, 0.15) is 12.4 Å². The summed E-state index contributed by atoms with van der Waals surface area (Å²) < 4.78 is 11.0. The molecule has 0 unspecified atom stereocenters. The number of nitriles is 1. The molecular formula is C23H15N3O3. The van der Waals surface area contributed by atoms with E-state index in [0.29, 0.717) is 22.8 Å². The Hall–Kier alpha value is -4.24. The fourth-order valence-corrected chi connectivity index (χ4v) is 2.68. The third-order valence-corrected chi connectivity index (χ3v) is 4.19. The zero-order valence-corrected chi connectivity index (χ0v) is 15.3. The van der Waals surface area contributed by atoms with Gasteiger partial charge in [0.2, 0.25) is 5.88 Å². The first-order chi connectivity index (χ1) is 14.2. The number of benzene rings is 3. The van der Waals surface area contributed by atoms with Gasteiger partial charge < -0.3 is 9.47 Å². The molecule has 3 aromatic carbocycles. The molecule has 0 N–H and O–H groups in total. The van der Waals surface area contributed by atoms with Gasteiger partial charge in [-0.1, -0.05) is 24.3 Å². The summed E-state index contributed by atoms with van der Waals surface area (Å²) >= 11 is 0. The fourth-order valence-electron chi connectivity index (χ4n) is 2.68. The summed E-state index contributed by atoms with van der Waals surface area (Å²) in [6, 6.07) is 23.1. The molecule has 0 aliphatic rings. The average molecular weight is 381 g/mol. The topological polar surface area (TPSA) is 85.1 Å². The maximum atomic E-state index is 12.2. The molecule has 0 fully saturated rings. The average Bonchev–Trinajstić information content (AvgIpc) is 2.78. The van der Waals surface area contributed by atoms with Crippen molar-refractivity contribution in [2.75, 3.05) is 0 Å². The van der Waals surface area contributed by atoms with E-state index in [1.807, 2.05) is 30.3 Å². The summed E-state index contributed by atoms with van der Waals surface area (Å²) in [5, 5.41) is 8.80. The predicted molar refractivity (Wildman–Crippen MR) is 106 cm³/mol. The lowest BCUT2D eigenvalue weighted by atomic mass is 10.1. The van der Waals surface area contributed by atoms with Crippen LogP contribution in [0.1, 0.15) is 21.5 Å². The fraction of sp³-hybridized carbons (Fsp3) is 0.0435. The number of ether oxygens (including phenoxy) is 2. The Morgan fingerprint density at radius 2 is 1.66 bits per heavy atom. The molecule has 0 saturated carbocycles. The minimum atomic E-state index is -0.439. The zero-order chi connectivity index (χ0) is 20.1. The van der Waals surface area contributed by atoms with Crippen molar-refractivity contribution in [3.8, 4) is 17.7 Å². The largest absolute Gasteiger partial charge is 0.457 e. The summed E-state index contributed by atoms with van der Waals surface area (Å²) in [7, 11) is 0. The van der Waals surface area contributed by atoms with Crippen molar-refractivity contribution in [3.05, 3.63) is 95.7 Å². The Labute approximate surface area is 167 Å². The first-order valence-corrected chi connectivity index (χ1v) is 8.87. The summed E-state index contributed by atoms with van der Waals surface area (Å²) in [4.78, 5) is 20.9. The standard InChI is InChI=1S/C23H15N3O3/c24-13-16-5-7-17(8-6-16)15-28-23(27)18-9-11-19(12-10-18)29-22-14-25-20-3-1-2-4-21(20)26-22/h1-12,14H,15H2. The van der Waals surface area contributed by atoms with Gasteiger partial charge in [-0.05, 0) is 54.1 Å². The maximum absolute atomic E-state index is 12.2. The number of para-hydroxylation sites is 2. The van der Waals surface area contributed by atoms with Crippen LogP contribution in [0.4, 0.5) is 0 Å². The molecule has 4 aromatic rings. The summed E-state index contributed by atoms with van der Waals surface area (Å²) in [6.45, 7) is 0.134. The lowest BCUT2D eigenvalue weighted by Crippen LogP contribution is -2.05. The molecule has 0 aliphatic carbocycles. The predicted octanol–water partition coefficient (Wildman–Crippen LogP) is 4.65. The molecule has 0 aliphatic heterocycles. The number of esters is 1. The minimum Gasteiger partial charge on any atom is -0.457 e. The van der Waals surface area contributed by atoms with Gasteiger partial charge in [-0.3, -0.25) is 0 Å². The number of rotatable bonds is 5. The number of carbonyl (C=O) groups excluding carboxylic acids is 1. The van der Waals surface area contributed by atoms with E-state index in [1.165, 1.54) is 0 Å². The second kappa shape index (κ2) is 8.19. The first-order valence-electron chi connectivity index (χ1n) is 8.87. The van der Waals surface area contributed by atoms with E-state index in [0.717, 1.165) is 16.6 Å². The van der Waals surface area contributed by atoms with Crippen LogP contribution in [-0.4, -0.2) is 15.9 Å². The zero-order valence-electron chi connectivity index (χ0n) is 15.3. The molecule has 0 bridgehead atoms. The van der Waals surface area contributed by atoms with Crippen molar-refractivity contribution in [2.24, 2.45) is 0 Å². The first kappa shape index (κ1) is 18.1. The van der Waals surface area contributed by atoms with Gasteiger partial charge in [0, 0.05) is 0 Å². The van der Waals surface area contributed by atoms with Crippen LogP contribution >= 0.6 is 0 Å². The Kier molecular flexibility index (Phi) is 5.12. The molecule has 29 heavy (non-hydrogen) atoms. The second-order valence-electron chi connectivity index (χ2n) is 6.21. The van der Waals surface area contributed by atoms with Gasteiger partial charge in [0.15, 0.2) is 0 Å². The molecule has 1 aromatic heterocycles. The van der Waals surface area contributed by atoms with Crippen LogP contribution in [0.3, 0.4) is 0 Å². The number of carbonyl (C=O) groups is 1. The van der Waals surface area contributed by atoms with E-state index < -0.39 is 5.97 Å². The molecule has 6 nitrogen and oxygen atoms in total. The highest BCUT2D eigenvalue weighted by molar-refractivity contribution is 5.89. The molecule has 1 heterocycles. The Bertz CT molecular complexity index is 1200. The van der Waals surface area contributed by atoms with Crippen LogP contribution in [0.25, 0.3) is 11.0 Å². The van der Waals surface area contributed by atoms with E-state index in [4.69, 9.17) is 14.7 Å². The molecule has 0 spiro atoms. The number of hydrogen-bond acceptors (Lipinski definition) is 6. The van der Waals surface area contributed by atoms with Crippen LogP contribution in [0.15, 0.2) is 79.0 Å². The van der Waals surface area contributed by atoms with E-state index in [1.54, 1.807) is 54.7 Å². The normalized spacial score (nSPS) is 10.3.